The first-order valence-electron chi connectivity index (χ1n) is 33.4. The van der Waals surface area contributed by atoms with Gasteiger partial charge in [0.2, 0.25) is 0 Å². The predicted octanol–water partition coefficient (Wildman–Crippen LogP) is 26.3. The van der Waals surface area contributed by atoms with Gasteiger partial charge in [-0.05, 0) is 220 Å². The van der Waals surface area contributed by atoms with Crippen LogP contribution in [-0.2, 0) is 0 Å². The monoisotopic (exact) mass is 1200 g/mol. The van der Waals surface area contributed by atoms with E-state index >= 15 is 0 Å². The zero-order valence-corrected chi connectivity index (χ0v) is 51.6. The zero-order chi connectivity index (χ0) is 61.7. The molecule has 0 unspecified atom stereocenters. The molecule has 2 aliphatic rings. The van der Waals surface area contributed by atoms with Crippen molar-refractivity contribution in [2.24, 2.45) is 11.8 Å². The molecule has 20 aromatic carbocycles. The molecular weight excluding hydrogens is 1150 g/mol. The third kappa shape index (κ3) is 7.27. The third-order valence-electron chi connectivity index (χ3n) is 22.0. The highest BCUT2D eigenvalue weighted by atomic mass is 16.3. The van der Waals surface area contributed by atoms with Crippen molar-refractivity contribution in [1.29, 1.82) is 0 Å². The van der Waals surface area contributed by atoms with Crippen LogP contribution in [0.25, 0.3) is 206 Å². The lowest BCUT2D eigenvalue weighted by atomic mass is 9.77. The Hall–Kier alpha value is -12.2. The molecular formula is C94H54O. The molecule has 0 amide bonds. The Morgan fingerprint density at radius 1 is 0.200 bits per heavy atom. The van der Waals surface area contributed by atoms with Crippen molar-refractivity contribution >= 4 is 184 Å². The molecule has 1 nitrogen and oxygen atoms in total. The summed E-state index contributed by atoms with van der Waals surface area (Å²) in [6.07, 6.45) is 14.5. The topological polar surface area (TPSA) is 13.1 Å². The van der Waals surface area contributed by atoms with Gasteiger partial charge in [0.1, 0.15) is 11.2 Å². The Balaban J connectivity index is 0.000000124. The van der Waals surface area contributed by atoms with Gasteiger partial charge in [0.25, 0.3) is 0 Å². The van der Waals surface area contributed by atoms with Gasteiger partial charge < -0.3 is 4.42 Å². The van der Waals surface area contributed by atoms with Crippen LogP contribution in [-0.4, -0.2) is 0 Å². The van der Waals surface area contributed by atoms with Crippen LogP contribution in [0, 0.1) is 11.8 Å². The van der Waals surface area contributed by atoms with Gasteiger partial charge in [-0.3, -0.25) is 0 Å². The van der Waals surface area contributed by atoms with E-state index in [-0.39, 0.29) is 5.92 Å². The number of furan rings is 1. The van der Waals surface area contributed by atoms with E-state index in [1.807, 2.05) is 0 Å². The molecule has 0 bridgehead atoms. The van der Waals surface area contributed by atoms with Crippen molar-refractivity contribution in [1.82, 2.24) is 0 Å². The Bertz CT molecular complexity index is 6470. The number of rotatable bonds is 4. The molecule has 0 radical (unpaired) electrons. The highest BCUT2D eigenvalue weighted by Crippen LogP contribution is 2.49. The maximum atomic E-state index is 6.39. The van der Waals surface area contributed by atoms with Gasteiger partial charge in [-0.1, -0.05) is 291 Å². The second-order valence-corrected chi connectivity index (χ2v) is 26.8. The number of allylic oxidation sites excluding steroid dienone is 8. The lowest BCUT2D eigenvalue weighted by Crippen LogP contribution is -2.13. The van der Waals surface area contributed by atoms with Crippen LogP contribution in [0.2, 0.25) is 0 Å². The molecule has 0 spiro atoms. The smallest absolute Gasteiger partial charge is 0.135 e. The van der Waals surface area contributed by atoms with Gasteiger partial charge >= 0.3 is 0 Å². The van der Waals surface area contributed by atoms with Crippen molar-refractivity contribution < 1.29 is 4.42 Å². The summed E-state index contributed by atoms with van der Waals surface area (Å²) in [4.78, 5) is 0. The van der Waals surface area contributed by atoms with Crippen LogP contribution >= 0.6 is 0 Å². The summed E-state index contributed by atoms with van der Waals surface area (Å²) in [5.74, 6) is 0.645. The molecule has 1 heterocycles. The number of benzene rings is 20. The van der Waals surface area contributed by atoms with Crippen LogP contribution in [0.1, 0.15) is 11.1 Å². The first-order chi connectivity index (χ1) is 47.1. The van der Waals surface area contributed by atoms with Gasteiger partial charge in [0.05, 0.1) is 0 Å². The number of fused-ring (bicyclic) bond motifs is 8. The van der Waals surface area contributed by atoms with Gasteiger partial charge in [0, 0.05) is 22.6 Å². The van der Waals surface area contributed by atoms with E-state index in [9.17, 15) is 0 Å². The zero-order valence-electron chi connectivity index (χ0n) is 51.6. The van der Waals surface area contributed by atoms with E-state index in [0.717, 1.165) is 21.9 Å². The van der Waals surface area contributed by atoms with Crippen LogP contribution in [0.5, 0.6) is 0 Å². The van der Waals surface area contributed by atoms with Crippen LogP contribution in [0.4, 0.5) is 0 Å². The van der Waals surface area contributed by atoms with Gasteiger partial charge in [0.15, 0.2) is 0 Å². The Kier molecular flexibility index (Phi) is 10.4. The average Bonchev–Trinajstić information content (AvgIpc) is 0.961. The quantitative estimate of drug-likeness (QED) is 0.126. The Morgan fingerprint density at radius 3 is 0.916 bits per heavy atom. The minimum atomic E-state index is 0.288. The lowest BCUT2D eigenvalue weighted by molar-refractivity contribution is 0.665. The minimum absolute atomic E-state index is 0.288. The summed E-state index contributed by atoms with van der Waals surface area (Å²) in [7, 11) is 0. The van der Waals surface area contributed by atoms with Crippen molar-refractivity contribution in [3.8, 4) is 22.3 Å². The molecule has 0 saturated heterocycles. The van der Waals surface area contributed by atoms with E-state index in [4.69, 9.17) is 4.42 Å². The SMILES string of the molecule is C1=CC2C=CC(c3ccc4c5cccc6cccc(c7cccc3c74)c65)=CC2C=C1c1ccc2c3cccc4cccc(c5cccc1c52)c43.c1cc2ccc3ccc(-c4ccc5oc6ccc(-c7ccc8ccc9cccc%10ccc7c8c9%10)cc6c5c4)c4ccc(c1)c2c34. The summed E-state index contributed by atoms with van der Waals surface area (Å²) in [5, 5.41) is 39.5. The van der Waals surface area contributed by atoms with Crippen molar-refractivity contribution in [3.05, 3.63) is 327 Å². The third-order valence-corrected chi connectivity index (χ3v) is 22.0. The highest BCUT2D eigenvalue weighted by Gasteiger charge is 2.26. The minimum Gasteiger partial charge on any atom is -0.456 e. The molecule has 1 heteroatoms. The first-order valence-corrected chi connectivity index (χ1v) is 33.4. The summed E-state index contributed by atoms with van der Waals surface area (Å²) in [5.41, 5.74) is 12.0. The Morgan fingerprint density at radius 2 is 0.495 bits per heavy atom. The molecule has 21 aromatic rings. The van der Waals surface area contributed by atoms with Gasteiger partial charge in [-0.2, -0.15) is 0 Å². The molecule has 0 fully saturated rings. The number of hydrogen-bond acceptors (Lipinski definition) is 1. The largest absolute Gasteiger partial charge is 0.456 e. The van der Waals surface area contributed by atoms with Gasteiger partial charge in [-0.25, -0.2) is 0 Å². The summed E-state index contributed by atoms with van der Waals surface area (Å²) in [6, 6.07) is 104. The first kappa shape index (κ1) is 51.5. The van der Waals surface area contributed by atoms with Gasteiger partial charge in [-0.15, -0.1) is 0 Å². The van der Waals surface area contributed by atoms with E-state index in [0.29, 0.717) is 5.92 Å². The fourth-order valence-electron chi connectivity index (χ4n) is 17.8. The molecule has 0 N–H and O–H groups in total. The standard InChI is InChI=1S/C50H30.C44H24O/c1-7-30-9-3-13-41-45-25-23-35(37-15-5-17-43(49(37)45)39(11-1)47(30)41)32-21-19-29-20-22-33(28-34(29)27-32)36-24-26-46-42-14-4-10-31-8-2-12-40(48(31)42)44-18-6-16-38(36)50(44)46;1-3-25-7-9-29-11-17-33(35-19-13-27(5-1)41(25)43(29)35)31-15-21-39-37(23-31)38-24-32(16-22-40(38)45-39)34-18-12-30-10-8-26-4-2-6-28-14-20-36(34)44(30)42(26)28/h1-29,34H;1-24H. The fraction of sp³-hybridized carbons (Fsp3) is 0.0213. The molecule has 1 aromatic heterocycles. The second-order valence-electron chi connectivity index (χ2n) is 26.8. The second kappa shape index (κ2) is 19.2. The average molecular weight is 1200 g/mol. The molecule has 95 heavy (non-hydrogen) atoms. The summed E-state index contributed by atoms with van der Waals surface area (Å²) >= 11 is 0. The normalized spacial score (nSPS) is 15.2. The molecule has 23 rings (SSSR count). The molecule has 436 valence electrons. The van der Waals surface area contributed by atoms with Crippen molar-refractivity contribution in [2.75, 3.05) is 0 Å². The van der Waals surface area contributed by atoms with Crippen molar-refractivity contribution in [2.45, 2.75) is 0 Å². The molecule has 0 aliphatic heterocycles. The lowest BCUT2D eigenvalue weighted by Gasteiger charge is -2.27. The maximum absolute atomic E-state index is 6.39. The van der Waals surface area contributed by atoms with E-state index in [2.05, 4.69) is 316 Å². The van der Waals surface area contributed by atoms with Crippen molar-refractivity contribution in [3.63, 3.8) is 0 Å². The molecule has 2 aliphatic carbocycles. The van der Waals surface area contributed by atoms with E-state index < -0.39 is 0 Å². The Labute approximate surface area is 545 Å². The van der Waals surface area contributed by atoms with Crippen LogP contribution in [0.15, 0.2) is 320 Å². The molecule has 0 saturated carbocycles. The van der Waals surface area contributed by atoms with Crippen LogP contribution < -0.4 is 0 Å². The van der Waals surface area contributed by atoms with Crippen LogP contribution in [0.3, 0.4) is 0 Å². The fourth-order valence-corrected chi connectivity index (χ4v) is 17.8. The van der Waals surface area contributed by atoms with E-state index in [1.165, 1.54) is 195 Å². The summed E-state index contributed by atoms with van der Waals surface area (Å²) < 4.78 is 6.39. The maximum Gasteiger partial charge on any atom is 0.135 e. The van der Waals surface area contributed by atoms with E-state index in [1.54, 1.807) is 0 Å². The number of hydrogen-bond donors (Lipinski definition) is 0. The molecule has 0 atom stereocenters. The highest BCUT2D eigenvalue weighted by molar-refractivity contribution is 6.36. The predicted molar refractivity (Wildman–Crippen MR) is 409 cm³/mol. The summed E-state index contributed by atoms with van der Waals surface area (Å²) in [6.45, 7) is 0.